The topological polar surface area (TPSA) is 48.1 Å². The fourth-order valence-corrected chi connectivity index (χ4v) is 3.01. The van der Waals surface area contributed by atoms with E-state index in [0.29, 0.717) is 16.3 Å². The van der Waals surface area contributed by atoms with Crippen LogP contribution >= 0.6 is 24.4 Å². The Balaban J connectivity index is 1.61. The first-order valence-electron chi connectivity index (χ1n) is 9.31. The van der Waals surface area contributed by atoms with Crippen molar-refractivity contribution in [3.63, 3.8) is 0 Å². The van der Waals surface area contributed by atoms with Gasteiger partial charge in [0.05, 0.1) is 0 Å². The summed E-state index contributed by atoms with van der Waals surface area (Å²) in [7, 11) is 0. The zero-order chi connectivity index (χ0) is 19.3. The fraction of sp³-hybridized carbons (Fsp3) is 0.333. The maximum absolute atomic E-state index is 5.41. The van der Waals surface area contributed by atoms with E-state index in [9.17, 15) is 0 Å². The maximum atomic E-state index is 5.41. The molecule has 0 saturated carbocycles. The van der Waals surface area contributed by atoms with Crippen LogP contribution in [0.15, 0.2) is 60.7 Å². The highest BCUT2D eigenvalue weighted by Gasteiger charge is 2.08. The van der Waals surface area contributed by atoms with Crippen molar-refractivity contribution in [1.29, 1.82) is 0 Å². The quantitative estimate of drug-likeness (QED) is 0.484. The van der Waals surface area contributed by atoms with Crippen molar-refractivity contribution in [2.24, 2.45) is 0 Å². The molecular weight excluding hydrogens is 372 g/mol. The molecule has 0 heterocycles. The maximum Gasteiger partial charge on any atom is 0.166 e. The van der Waals surface area contributed by atoms with Crippen LogP contribution in [-0.2, 0) is 13.1 Å². The predicted octanol–water partition coefficient (Wildman–Crippen LogP) is 3.48. The average molecular weight is 401 g/mol. The van der Waals surface area contributed by atoms with Crippen LogP contribution in [0.1, 0.15) is 30.9 Å². The molecule has 0 aromatic heterocycles. The van der Waals surface area contributed by atoms with Gasteiger partial charge in [-0.3, -0.25) is 0 Å². The Labute approximate surface area is 173 Å². The first-order valence-corrected chi connectivity index (χ1v) is 10.1. The van der Waals surface area contributed by atoms with Crippen molar-refractivity contribution in [2.75, 3.05) is 6.54 Å². The van der Waals surface area contributed by atoms with E-state index in [0.717, 1.165) is 32.5 Å². The standard InChI is InChI=1S/C21H28N4S2/c1-2-19(25-21(27)24-16-18-11-7-4-8-12-18)13-14-22-20(26)23-15-17-9-5-3-6-10-17/h3-12,19H,2,13-16H2,1H3,(H2,22,23,26)(H2,24,25,27)/t19-/m0/s1. The third-order valence-corrected chi connectivity index (χ3v) is 4.75. The number of hydrogen-bond acceptors (Lipinski definition) is 2. The van der Waals surface area contributed by atoms with Gasteiger partial charge in [0.15, 0.2) is 10.2 Å². The monoisotopic (exact) mass is 400 g/mol. The molecule has 4 N–H and O–H groups in total. The van der Waals surface area contributed by atoms with Crippen LogP contribution in [0.2, 0.25) is 0 Å². The molecule has 1 atom stereocenters. The van der Waals surface area contributed by atoms with E-state index in [1.54, 1.807) is 0 Å². The predicted molar refractivity (Wildman–Crippen MR) is 122 cm³/mol. The van der Waals surface area contributed by atoms with E-state index in [1.807, 2.05) is 36.4 Å². The van der Waals surface area contributed by atoms with Gasteiger partial charge in [-0.2, -0.15) is 0 Å². The van der Waals surface area contributed by atoms with Gasteiger partial charge >= 0.3 is 0 Å². The number of thiocarbonyl (C=S) groups is 2. The average Bonchev–Trinajstić information content (AvgIpc) is 2.71. The second-order valence-electron chi connectivity index (χ2n) is 6.30. The Kier molecular flexibility index (Phi) is 9.58. The summed E-state index contributed by atoms with van der Waals surface area (Å²) in [6.07, 6.45) is 1.94. The van der Waals surface area contributed by atoms with Crippen molar-refractivity contribution in [1.82, 2.24) is 21.3 Å². The van der Waals surface area contributed by atoms with Gasteiger partial charge in [0, 0.05) is 25.7 Å². The summed E-state index contributed by atoms with van der Waals surface area (Å²) in [6, 6.07) is 20.8. The second-order valence-corrected chi connectivity index (χ2v) is 7.12. The summed E-state index contributed by atoms with van der Waals surface area (Å²) in [6.45, 7) is 4.42. The summed E-state index contributed by atoms with van der Waals surface area (Å²) in [5.74, 6) is 0. The minimum atomic E-state index is 0.310. The van der Waals surface area contributed by atoms with Crippen LogP contribution in [0.5, 0.6) is 0 Å². The molecule has 2 aromatic carbocycles. The number of nitrogens with one attached hydrogen (secondary N) is 4. The molecule has 0 aliphatic heterocycles. The van der Waals surface area contributed by atoms with Crippen LogP contribution in [0.3, 0.4) is 0 Å². The van der Waals surface area contributed by atoms with Crippen LogP contribution < -0.4 is 21.3 Å². The molecule has 2 rings (SSSR count). The van der Waals surface area contributed by atoms with Gasteiger partial charge in [-0.25, -0.2) is 0 Å². The molecule has 0 fully saturated rings. The van der Waals surface area contributed by atoms with E-state index in [2.05, 4.69) is 52.5 Å². The van der Waals surface area contributed by atoms with Crippen LogP contribution in [0.25, 0.3) is 0 Å². The number of rotatable bonds is 9. The Morgan fingerprint density at radius 1 is 0.778 bits per heavy atom. The smallest absolute Gasteiger partial charge is 0.166 e. The van der Waals surface area contributed by atoms with E-state index in [1.165, 1.54) is 11.1 Å². The third kappa shape index (κ3) is 8.84. The summed E-state index contributed by atoms with van der Waals surface area (Å²) in [4.78, 5) is 0. The largest absolute Gasteiger partial charge is 0.363 e. The molecule has 144 valence electrons. The van der Waals surface area contributed by atoms with E-state index in [4.69, 9.17) is 24.4 Å². The first-order chi connectivity index (χ1) is 13.2. The molecule has 4 nitrogen and oxygen atoms in total. The van der Waals surface area contributed by atoms with Crippen LogP contribution in [0.4, 0.5) is 0 Å². The molecule has 27 heavy (non-hydrogen) atoms. The van der Waals surface area contributed by atoms with Gasteiger partial charge in [-0.05, 0) is 48.4 Å². The summed E-state index contributed by atoms with van der Waals surface area (Å²) in [5.41, 5.74) is 2.43. The van der Waals surface area contributed by atoms with Gasteiger partial charge < -0.3 is 21.3 Å². The molecule has 0 bridgehead atoms. The summed E-state index contributed by atoms with van der Waals surface area (Å²) >= 11 is 10.8. The van der Waals surface area contributed by atoms with Crippen molar-refractivity contribution in [2.45, 2.75) is 38.9 Å². The SMILES string of the molecule is CC[C@@H](CCNC(=S)NCc1ccccc1)NC(=S)NCc1ccccc1. The van der Waals surface area contributed by atoms with Gasteiger partial charge in [0.2, 0.25) is 0 Å². The van der Waals surface area contributed by atoms with Crippen molar-refractivity contribution >= 4 is 34.7 Å². The highest BCUT2D eigenvalue weighted by molar-refractivity contribution is 7.80. The lowest BCUT2D eigenvalue weighted by molar-refractivity contribution is 0.533. The second kappa shape index (κ2) is 12.3. The molecule has 2 aromatic rings. The first kappa shape index (κ1) is 21.1. The molecule has 6 heteroatoms. The summed E-state index contributed by atoms with van der Waals surface area (Å²) in [5, 5.41) is 14.5. The highest BCUT2D eigenvalue weighted by atomic mass is 32.1. The Hall–Kier alpha value is -2.18. The molecule has 0 radical (unpaired) electrons. The van der Waals surface area contributed by atoms with Gasteiger partial charge in [0.1, 0.15) is 0 Å². The Morgan fingerprint density at radius 2 is 1.30 bits per heavy atom. The molecule has 0 aliphatic rings. The summed E-state index contributed by atoms with van der Waals surface area (Å²) < 4.78 is 0. The lowest BCUT2D eigenvalue weighted by Gasteiger charge is -2.20. The fourth-order valence-electron chi connectivity index (χ4n) is 2.59. The highest BCUT2D eigenvalue weighted by Crippen LogP contribution is 2.00. The van der Waals surface area contributed by atoms with Crippen LogP contribution in [0, 0.1) is 0 Å². The normalized spacial score (nSPS) is 11.3. The third-order valence-electron chi connectivity index (χ3n) is 4.20. The van der Waals surface area contributed by atoms with Crippen molar-refractivity contribution in [3.05, 3.63) is 71.8 Å². The lowest BCUT2D eigenvalue weighted by Crippen LogP contribution is -2.43. The van der Waals surface area contributed by atoms with Crippen LogP contribution in [-0.4, -0.2) is 22.8 Å². The molecule has 0 saturated heterocycles. The zero-order valence-electron chi connectivity index (χ0n) is 15.7. The lowest BCUT2D eigenvalue weighted by atomic mass is 10.1. The zero-order valence-corrected chi connectivity index (χ0v) is 17.3. The van der Waals surface area contributed by atoms with E-state index < -0.39 is 0 Å². The molecule has 0 aliphatic carbocycles. The molecule has 0 amide bonds. The number of benzene rings is 2. The molecular formula is C21H28N4S2. The van der Waals surface area contributed by atoms with Crippen molar-refractivity contribution < 1.29 is 0 Å². The Bertz CT molecular complexity index is 692. The van der Waals surface area contributed by atoms with E-state index in [-0.39, 0.29) is 0 Å². The number of hydrogen-bond donors (Lipinski definition) is 4. The van der Waals surface area contributed by atoms with Gasteiger partial charge in [-0.1, -0.05) is 67.6 Å². The van der Waals surface area contributed by atoms with Crippen molar-refractivity contribution in [3.8, 4) is 0 Å². The van der Waals surface area contributed by atoms with Gasteiger partial charge in [0.25, 0.3) is 0 Å². The minimum Gasteiger partial charge on any atom is -0.363 e. The van der Waals surface area contributed by atoms with E-state index >= 15 is 0 Å². The molecule has 0 unspecified atom stereocenters. The minimum absolute atomic E-state index is 0.310. The van der Waals surface area contributed by atoms with Gasteiger partial charge in [-0.15, -0.1) is 0 Å². The Morgan fingerprint density at radius 3 is 1.81 bits per heavy atom. The molecule has 0 spiro atoms.